The number of likely N-dealkylation sites (tertiary alicyclic amines) is 1. The highest BCUT2D eigenvalue weighted by Crippen LogP contribution is 2.47. The Hall–Kier alpha value is -1.09. The van der Waals surface area contributed by atoms with Crippen LogP contribution in [0.1, 0.15) is 32.3 Å². The van der Waals surface area contributed by atoms with Crippen LogP contribution in [-0.4, -0.2) is 37.6 Å². The molecule has 1 saturated heterocycles. The quantitative estimate of drug-likeness (QED) is 0.767. The lowest BCUT2D eigenvalue weighted by atomic mass is 9.74. The standard InChI is InChI=1S/C16H23FN2/c1-12(2)19-9-7-16(8-10-19)11-18(3)15-13(16)5-4-6-14(15)17/h4-6,12H,7-11H2,1-3H3. The minimum atomic E-state index is -0.0665. The predicted octanol–water partition coefficient (Wildman–Crippen LogP) is 3.02. The number of likely N-dealkylation sites (N-methyl/N-ethyl adjacent to an activating group) is 1. The van der Waals surface area contributed by atoms with Gasteiger partial charge in [-0.05, 0) is 51.4 Å². The largest absolute Gasteiger partial charge is 0.371 e. The Morgan fingerprint density at radius 1 is 1.21 bits per heavy atom. The van der Waals surface area contributed by atoms with E-state index >= 15 is 0 Å². The maximum absolute atomic E-state index is 14.0. The molecule has 2 aliphatic heterocycles. The molecule has 0 amide bonds. The van der Waals surface area contributed by atoms with E-state index in [2.05, 4.69) is 29.7 Å². The normalized spacial score (nSPS) is 22.3. The number of hydrogen-bond donors (Lipinski definition) is 0. The third-order valence-electron chi connectivity index (χ3n) is 4.97. The topological polar surface area (TPSA) is 6.48 Å². The van der Waals surface area contributed by atoms with E-state index in [4.69, 9.17) is 0 Å². The van der Waals surface area contributed by atoms with E-state index in [0.29, 0.717) is 6.04 Å². The third kappa shape index (κ3) is 1.95. The van der Waals surface area contributed by atoms with E-state index in [1.165, 1.54) is 5.56 Å². The molecule has 104 valence electrons. The summed E-state index contributed by atoms with van der Waals surface area (Å²) in [5.41, 5.74) is 2.25. The van der Waals surface area contributed by atoms with Gasteiger partial charge in [-0.2, -0.15) is 0 Å². The Morgan fingerprint density at radius 2 is 1.89 bits per heavy atom. The van der Waals surface area contributed by atoms with Crippen molar-refractivity contribution in [3.63, 3.8) is 0 Å². The van der Waals surface area contributed by atoms with Crippen molar-refractivity contribution in [2.24, 2.45) is 0 Å². The molecule has 0 aromatic heterocycles. The summed E-state index contributed by atoms with van der Waals surface area (Å²) in [4.78, 5) is 4.64. The van der Waals surface area contributed by atoms with Gasteiger partial charge in [-0.25, -0.2) is 4.39 Å². The lowest BCUT2D eigenvalue weighted by Gasteiger charge is -2.41. The van der Waals surface area contributed by atoms with E-state index < -0.39 is 0 Å². The number of anilines is 1. The van der Waals surface area contributed by atoms with Crippen molar-refractivity contribution in [3.05, 3.63) is 29.6 Å². The molecule has 19 heavy (non-hydrogen) atoms. The Bertz CT molecular complexity index is 476. The fourth-order valence-electron chi connectivity index (χ4n) is 3.85. The van der Waals surface area contributed by atoms with Crippen LogP contribution in [-0.2, 0) is 5.41 Å². The maximum Gasteiger partial charge on any atom is 0.146 e. The highest BCUT2D eigenvalue weighted by atomic mass is 19.1. The van der Waals surface area contributed by atoms with Gasteiger partial charge in [0.05, 0.1) is 5.69 Å². The van der Waals surface area contributed by atoms with Gasteiger partial charge in [-0.3, -0.25) is 0 Å². The average molecular weight is 262 g/mol. The van der Waals surface area contributed by atoms with E-state index in [-0.39, 0.29) is 11.2 Å². The molecule has 2 aliphatic rings. The summed E-state index contributed by atoms with van der Waals surface area (Å²) in [7, 11) is 2.02. The van der Waals surface area contributed by atoms with Gasteiger partial charge in [0, 0.05) is 25.0 Å². The average Bonchev–Trinajstić information content (AvgIpc) is 2.64. The van der Waals surface area contributed by atoms with Gasteiger partial charge in [-0.1, -0.05) is 12.1 Å². The Labute approximate surface area is 115 Å². The summed E-state index contributed by atoms with van der Waals surface area (Å²) >= 11 is 0. The molecular weight excluding hydrogens is 239 g/mol. The first-order valence-corrected chi connectivity index (χ1v) is 7.28. The van der Waals surface area contributed by atoms with Crippen LogP contribution in [0.4, 0.5) is 10.1 Å². The molecule has 1 fully saturated rings. The molecule has 0 atom stereocenters. The van der Waals surface area contributed by atoms with Gasteiger partial charge in [-0.15, -0.1) is 0 Å². The van der Waals surface area contributed by atoms with Crippen molar-refractivity contribution >= 4 is 5.69 Å². The molecule has 3 heteroatoms. The number of halogens is 1. The zero-order chi connectivity index (χ0) is 13.6. The first kappa shape index (κ1) is 12.9. The van der Waals surface area contributed by atoms with Crippen LogP contribution in [0, 0.1) is 5.82 Å². The summed E-state index contributed by atoms with van der Waals surface area (Å²) in [5, 5.41) is 0. The highest BCUT2D eigenvalue weighted by Gasteiger charge is 2.44. The number of rotatable bonds is 1. The summed E-state index contributed by atoms with van der Waals surface area (Å²) < 4.78 is 14.0. The fourth-order valence-corrected chi connectivity index (χ4v) is 3.85. The molecule has 3 rings (SSSR count). The van der Waals surface area contributed by atoms with Crippen molar-refractivity contribution in [2.75, 3.05) is 31.6 Å². The van der Waals surface area contributed by atoms with Crippen LogP contribution >= 0.6 is 0 Å². The molecular formula is C16H23FN2. The lowest BCUT2D eigenvalue weighted by molar-refractivity contribution is 0.135. The number of piperidine rings is 1. The van der Waals surface area contributed by atoms with Gasteiger partial charge in [0.2, 0.25) is 0 Å². The molecule has 0 radical (unpaired) electrons. The predicted molar refractivity (Wildman–Crippen MR) is 77.3 cm³/mol. The zero-order valence-electron chi connectivity index (χ0n) is 12.1. The van der Waals surface area contributed by atoms with Crippen molar-refractivity contribution in [1.82, 2.24) is 4.90 Å². The van der Waals surface area contributed by atoms with Crippen LogP contribution in [0.5, 0.6) is 0 Å². The summed E-state index contributed by atoms with van der Waals surface area (Å²) in [6.07, 6.45) is 2.29. The number of nitrogens with zero attached hydrogens (tertiary/aromatic N) is 2. The fraction of sp³-hybridized carbons (Fsp3) is 0.625. The van der Waals surface area contributed by atoms with Gasteiger partial charge in [0.25, 0.3) is 0 Å². The molecule has 1 aromatic rings. The highest BCUT2D eigenvalue weighted by molar-refractivity contribution is 5.63. The lowest BCUT2D eigenvalue weighted by Crippen LogP contribution is -2.46. The summed E-state index contributed by atoms with van der Waals surface area (Å²) in [5.74, 6) is -0.0665. The van der Waals surface area contributed by atoms with E-state index in [0.717, 1.165) is 38.2 Å². The van der Waals surface area contributed by atoms with Crippen molar-refractivity contribution in [3.8, 4) is 0 Å². The van der Waals surface area contributed by atoms with Crippen LogP contribution in [0.3, 0.4) is 0 Å². The maximum atomic E-state index is 14.0. The molecule has 0 bridgehead atoms. The van der Waals surface area contributed by atoms with Crippen LogP contribution in [0.15, 0.2) is 18.2 Å². The monoisotopic (exact) mass is 262 g/mol. The second-order valence-electron chi connectivity index (χ2n) is 6.40. The van der Waals surface area contributed by atoms with E-state index in [1.54, 1.807) is 6.07 Å². The number of fused-ring (bicyclic) bond motifs is 2. The molecule has 1 aromatic carbocycles. The van der Waals surface area contributed by atoms with Gasteiger partial charge in [0.15, 0.2) is 0 Å². The van der Waals surface area contributed by atoms with Crippen molar-refractivity contribution < 1.29 is 4.39 Å². The Kier molecular flexibility index (Phi) is 3.05. The first-order chi connectivity index (χ1) is 9.03. The van der Waals surface area contributed by atoms with Crippen LogP contribution in [0.2, 0.25) is 0 Å². The minimum absolute atomic E-state index is 0.0665. The molecule has 0 N–H and O–H groups in total. The smallest absolute Gasteiger partial charge is 0.146 e. The molecule has 0 aliphatic carbocycles. The first-order valence-electron chi connectivity index (χ1n) is 7.28. The molecule has 0 unspecified atom stereocenters. The second-order valence-corrected chi connectivity index (χ2v) is 6.40. The van der Waals surface area contributed by atoms with E-state index in [1.807, 2.05) is 13.1 Å². The number of benzene rings is 1. The molecule has 1 spiro atoms. The second kappa shape index (κ2) is 4.48. The Balaban J connectivity index is 1.91. The summed E-state index contributed by atoms with van der Waals surface area (Å²) in [6.45, 7) is 7.73. The number of para-hydroxylation sites is 1. The van der Waals surface area contributed by atoms with Gasteiger partial charge >= 0.3 is 0 Å². The van der Waals surface area contributed by atoms with Crippen molar-refractivity contribution in [1.29, 1.82) is 0 Å². The van der Waals surface area contributed by atoms with Gasteiger partial charge < -0.3 is 9.80 Å². The van der Waals surface area contributed by atoms with Gasteiger partial charge in [0.1, 0.15) is 5.82 Å². The third-order valence-corrected chi connectivity index (χ3v) is 4.97. The zero-order valence-corrected chi connectivity index (χ0v) is 12.1. The Morgan fingerprint density at radius 3 is 2.53 bits per heavy atom. The van der Waals surface area contributed by atoms with Crippen molar-refractivity contribution in [2.45, 2.75) is 38.1 Å². The van der Waals surface area contributed by atoms with Crippen LogP contribution < -0.4 is 4.90 Å². The van der Waals surface area contributed by atoms with Crippen LogP contribution in [0.25, 0.3) is 0 Å². The molecule has 2 nitrogen and oxygen atoms in total. The number of hydrogen-bond acceptors (Lipinski definition) is 2. The summed E-state index contributed by atoms with van der Waals surface area (Å²) in [6, 6.07) is 6.19. The molecule has 0 saturated carbocycles. The van der Waals surface area contributed by atoms with E-state index in [9.17, 15) is 4.39 Å². The SMILES string of the molecule is CC(C)N1CCC2(CC1)CN(C)c1c(F)cccc12. The molecule has 2 heterocycles. The minimum Gasteiger partial charge on any atom is -0.371 e.